The Morgan fingerprint density at radius 2 is 2.16 bits per heavy atom. The summed E-state index contributed by atoms with van der Waals surface area (Å²) in [6, 6.07) is 8.03. The maximum absolute atomic E-state index is 13.1. The van der Waals surface area contributed by atoms with Crippen LogP contribution in [-0.4, -0.2) is 51.9 Å². The number of hydrogen-bond donors (Lipinski definition) is 0. The van der Waals surface area contributed by atoms with E-state index in [1.54, 1.807) is 6.33 Å². The smallest absolute Gasteiger partial charge is 0.256 e. The van der Waals surface area contributed by atoms with Gasteiger partial charge in [-0.25, -0.2) is 0 Å². The maximum Gasteiger partial charge on any atom is 0.256 e. The predicted octanol–water partition coefficient (Wildman–Crippen LogP) is 1.51. The Bertz CT molecular complexity index is 760. The zero-order valence-corrected chi connectivity index (χ0v) is 14.3. The second kappa shape index (κ2) is 6.93. The summed E-state index contributed by atoms with van der Waals surface area (Å²) in [6.45, 7) is 4.91. The van der Waals surface area contributed by atoms with E-state index in [1.165, 1.54) is 5.56 Å². The molecule has 7 nitrogen and oxygen atoms in total. The Hall–Kier alpha value is -2.25. The van der Waals surface area contributed by atoms with Gasteiger partial charge in [-0.3, -0.25) is 4.79 Å². The lowest BCUT2D eigenvalue weighted by molar-refractivity contribution is -0.153. The molecule has 2 aromatic rings. The number of amides is 1. The van der Waals surface area contributed by atoms with Crippen molar-refractivity contribution >= 4 is 5.91 Å². The van der Waals surface area contributed by atoms with Crippen LogP contribution in [0.15, 0.2) is 30.6 Å². The predicted molar refractivity (Wildman–Crippen MR) is 89.8 cm³/mol. The van der Waals surface area contributed by atoms with Crippen LogP contribution in [0.25, 0.3) is 0 Å². The highest BCUT2D eigenvalue weighted by Gasteiger charge is 2.35. The van der Waals surface area contributed by atoms with Crippen molar-refractivity contribution in [2.45, 2.75) is 32.1 Å². The van der Waals surface area contributed by atoms with E-state index < -0.39 is 6.10 Å². The van der Waals surface area contributed by atoms with E-state index in [2.05, 4.69) is 16.3 Å². The lowest BCUT2D eigenvalue weighted by Gasteiger charge is -2.36. The molecule has 1 saturated heterocycles. The van der Waals surface area contributed by atoms with Crippen molar-refractivity contribution in [3.05, 3.63) is 47.5 Å². The van der Waals surface area contributed by atoms with Crippen molar-refractivity contribution in [2.24, 2.45) is 0 Å². The van der Waals surface area contributed by atoms with E-state index >= 15 is 0 Å². The van der Waals surface area contributed by atoms with Crippen molar-refractivity contribution in [1.29, 1.82) is 0 Å². The number of morpholine rings is 1. The molecule has 7 heteroatoms. The van der Waals surface area contributed by atoms with Crippen molar-refractivity contribution in [3.63, 3.8) is 0 Å². The molecule has 0 bridgehead atoms. The average Bonchev–Trinajstić information content (AvgIpc) is 3.16. The van der Waals surface area contributed by atoms with E-state index in [1.807, 2.05) is 34.6 Å². The molecule has 2 atom stereocenters. The molecule has 132 valence electrons. The van der Waals surface area contributed by atoms with Crippen LogP contribution in [0.5, 0.6) is 0 Å². The lowest BCUT2D eigenvalue weighted by atomic mass is 9.96. The lowest BCUT2D eigenvalue weighted by Crippen LogP contribution is -2.46. The summed E-state index contributed by atoms with van der Waals surface area (Å²) < 4.78 is 13.6. The van der Waals surface area contributed by atoms with Crippen molar-refractivity contribution in [1.82, 2.24) is 19.7 Å². The van der Waals surface area contributed by atoms with Crippen LogP contribution in [0.3, 0.4) is 0 Å². The molecule has 2 aliphatic rings. The Morgan fingerprint density at radius 1 is 1.28 bits per heavy atom. The summed E-state index contributed by atoms with van der Waals surface area (Å²) in [4.78, 5) is 14.9. The van der Waals surface area contributed by atoms with Gasteiger partial charge in [0.25, 0.3) is 5.91 Å². The largest absolute Gasteiger partial charge is 0.366 e. The molecule has 4 rings (SSSR count). The fourth-order valence-electron chi connectivity index (χ4n) is 3.53. The van der Waals surface area contributed by atoms with Gasteiger partial charge < -0.3 is 18.9 Å². The number of aromatic nitrogens is 3. The van der Waals surface area contributed by atoms with Crippen LogP contribution in [0.4, 0.5) is 0 Å². The van der Waals surface area contributed by atoms with E-state index in [0.717, 1.165) is 24.4 Å². The third kappa shape index (κ3) is 3.05. The van der Waals surface area contributed by atoms with Gasteiger partial charge in [-0.05, 0) is 24.5 Å². The second-order valence-electron chi connectivity index (χ2n) is 6.32. The molecular formula is C18H22N4O3. The van der Waals surface area contributed by atoms with Gasteiger partial charge in [0.1, 0.15) is 12.4 Å². The summed E-state index contributed by atoms with van der Waals surface area (Å²) in [5.74, 6) is 0.771. The first kappa shape index (κ1) is 16.2. The molecule has 1 amide bonds. The van der Waals surface area contributed by atoms with Gasteiger partial charge in [-0.1, -0.05) is 24.3 Å². The van der Waals surface area contributed by atoms with E-state index in [-0.39, 0.29) is 12.0 Å². The number of benzene rings is 1. The second-order valence-corrected chi connectivity index (χ2v) is 6.32. The van der Waals surface area contributed by atoms with E-state index in [4.69, 9.17) is 9.47 Å². The van der Waals surface area contributed by atoms with Crippen LogP contribution in [0, 0.1) is 0 Å². The number of nitrogens with zero attached hydrogens (tertiary/aromatic N) is 4. The molecule has 1 aromatic heterocycles. The number of carbonyl (C=O) groups excluding carboxylic acids is 1. The standard InChI is InChI=1S/C18H22N4O3/c1-2-21-12-19-20-17(21)15-11-22(8-10-24-15)18(23)16-14-6-4-3-5-13(14)7-9-25-16/h3-6,12,15-16H,2,7-11H2,1H3. The minimum atomic E-state index is -0.521. The number of fused-ring (bicyclic) bond motifs is 1. The highest BCUT2D eigenvalue weighted by Crippen LogP contribution is 2.30. The molecule has 2 aliphatic heterocycles. The van der Waals surface area contributed by atoms with Gasteiger partial charge in [0.05, 0.1) is 19.8 Å². The molecular weight excluding hydrogens is 320 g/mol. The summed E-state index contributed by atoms with van der Waals surface area (Å²) in [5, 5.41) is 8.13. The Labute approximate surface area is 146 Å². The molecule has 0 spiro atoms. The molecule has 0 N–H and O–H groups in total. The van der Waals surface area contributed by atoms with E-state index in [0.29, 0.717) is 26.3 Å². The van der Waals surface area contributed by atoms with Gasteiger partial charge in [-0.2, -0.15) is 0 Å². The number of ether oxygens (including phenoxy) is 2. The molecule has 1 fully saturated rings. The van der Waals surface area contributed by atoms with Gasteiger partial charge in [0.2, 0.25) is 0 Å². The van der Waals surface area contributed by atoms with Crippen LogP contribution < -0.4 is 0 Å². The third-order valence-electron chi connectivity index (χ3n) is 4.87. The minimum Gasteiger partial charge on any atom is -0.366 e. The van der Waals surface area contributed by atoms with Gasteiger partial charge in [-0.15, -0.1) is 10.2 Å². The van der Waals surface area contributed by atoms with Gasteiger partial charge >= 0.3 is 0 Å². The third-order valence-corrected chi connectivity index (χ3v) is 4.87. The molecule has 1 aromatic carbocycles. The molecule has 0 radical (unpaired) electrons. The molecule has 3 heterocycles. The zero-order chi connectivity index (χ0) is 17.2. The van der Waals surface area contributed by atoms with Gasteiger partial charge in [0.15, 0.2) is 11.9 Å². The normalized spacial score (nSPS) is 23.3. The topological polar surface area (TPSA) is 69.5 Å². The summed E-state index contributed by atoms with van der Waals surface area (Å²) in [7, 11) is 0. The number of carbonyl (C=O) groups is 1. The first-order valence-corrected chi connectivity index (χ1v) is 8.75. The van der Waals surface area contributed by atoms with Crippen molar-refractivity contribution in [2.75, 3.05) is 26.3 Å². The monoisotopic (exact) mass is 342 g/mol. The summed E-state index contributed by atoms with van der Waals surface area (Å²) in [5.41, 5.74) is 2.18. The van der Waals surface area contributed by atoms with Crippen LogP contribution in [-0.2, 0) is 27.2 Å². The Morgan fingerprint density at radius 3 is 3.04 bits per heavy atom. The van der Waals surface area contributed by atoms with Crippen molar-refractivity contribution in [3.8, 4) is 0 Å². The Balaban J connectivity index is 1.53. The SMILES string of the molecule is CCn1cnnc1C1CN(C(=O)C2OCCc3ccccc32)CCO1. The molecule has 0 aliphatic carbocycles. The summed E-state index contributed by atoms with van der Waals surface area (Å²) in [6.07, 6.45) is 1.78. The zero-order valence-electron chi connectivity index (χ0n) is 14.3. The number of aryl methyl sites for hydroxylation is 1. The minimum absolute atomic E-state index is 0.00279. The van der Waals surface area contributed by atoms with Crippen LogP contribution >= 0.6 is 0 Å². The number of hydrogen-bond acceptors (Lipinski definition) is 5. The quantitative estimate of drug-likeness (QED) is 0.846. The molecule has 2 unspecified atom stereocenters. The average molecular weight is 342 g/mol. The van der Waals surface area contributed by atoms with Crippen molar-refractivity contribution < 1.29 is 14.3 Å². The molecule has 25 heavy (non-hydrogen) atoms. The Kier molecular flexibility index (Phi) is 4.50. The highest BCUT2D eigenvalue weighted by atomic mass is 16.5. The maximum atomic E-state index is 13.1. The van der Waals surface area contributed by atoms with Gasteiger partial charge in [0, 0.05) is 13.1 Å². The fourth-order valence-corrected chi connectivity index (χ4v) is 3.53. The summed E-state index contributed by atoms with van der Waals surface area (Å²) >= 11 is 0. The first-order chi connectivity index (χ1) is 12.3. The number of rotatable bonds is 3. The first-order valence-electron chi connectivity index (χ1n) is 8.75. The highest BCUT2D eigenvalue weighted by molar-refractivity contribution is 5.83. The van der Waals surface area contributed by atoms with Crippen LogP contribution in [0.2, 0.25) is 0 Å². The van der Waals surface area contributed by atoms with E-state index in [9.17, 15) is 4.79 Å². The molecule has 0 saturated carbocycles. The van der Waals surface area contributed by atoms with Crippen LogP contribution in [0.1, 0.15) is 36.1 Å². The fraction of sp³-hybridized carbons (Fsp3) is 0.500.